The minimum absolute atomic E-state index is 0.0218. The highest BCUT2D eigenvalue weighted by Gasteiger charge is 2.13. The van der Waals surface area contributed by atoms with Crippen LogP contribution in [-0.4, -0.2) is 16.0 Å². The van der Waals surface area contributed by atoms with Crippen molar-refractivity contribution in [2.75, 3.05) is 0 Å². The Hall–Kier alpha value is -3.13. The molecule has 1 atom stereocenters. The van der Waals surface area contributed by atoms with Crippen LogP contribution >= 0.6 is 0 Å². The van der Waals surface area contributed by atoms with Gasteiger partial charge in [-0.3, -0.25) is 9.78 Å². The molecule has 0 aliphatic heterocycles. The normalized spacial score (nSPS) is 12.3. The molecule has 0 aliphatic carbocycles. The van der Waals surface area contributed by atoms with Crippen molar-refractivity contribution >= 4 is 12.0 Å². The molecule has 1 unspecified atom stereocenters. The highest BCUT2D eigenvalue weighted by atomic mass is 16.3. The number of hydrogen-bond donors (Lipinski definition) is 2. The molecule has 0 aliphatic rings. The summed E-state index contributed by atoms with van der Waals surface area (Å²) >= 11 is 0. The van der Waals surface area contributed by atoms with E-state index in [0.29, 0.717) is 5.56 Å². The standard InChI is InChI=1S/C17H15N3O2/c1-12(14-5-7-19-8-6-14)20-17(22)15(11-18)9-13-3-2-4-16(21)10-13/h2-10,12,21H,1H3,(H,20,22)/b15-9+. The van der Waals surface area contributed by atoms with Crippen LogP contribution in [0.1, 0.15) is 24.1 Å². The van der Waals surface area contributed by atoms with Crippen molar-refractivity contribution < 1.29 is 9.90 Å². The zero-order valence-electron chi connectivity index (χ0n) is 12.0. The van der Waals surface area contributed by atoms with Gasteiger partial charge in [0.2, 0.25) is 0 Å². The van der Waals surface area contributed by atoms with Gasteiger partial charge in [0.1, 0.15) is 17.4 Å². The van der Waals surface area contributed by atoms with Crippen LogP contribution < -0.4 is 5.32 Å². The Balaban J connectivity index is 2.14. The summed E-state index contributed by atoms with van der Waals surface area (Å²) in [5, 5.41) is 21.3. The molecule has 0 spiro atoms. The van der Waals surface area contributed by atoms with Crippen molar-refractivity contribution in [2.45, 2.75) is 13.0 Å². The summed E-state index contributed by atoms with van der Waals surface area (Å²) in [4.78, 5) is 16.1. The number of amides is 1. The number of pyridine rings is 1. The number of aromatic nitrogens is 1. The lowest BCUT2D eigenvalue weighted by Crippen LogP contribution is -2.27. The molecule has 0 fully saturated rings. The van der Waals surface area contributed by atoms with Crippen molar-refractivity contribution in [1.82, 2.24) is 10.3 Å². The van der Waals surface area contributed by atoms with Crippen molar-refractivity contribution in [3.63, 3.8) is 0 Å². The van der Waals surface area contributed by atoms with Gasteiger partial charge in [-0.15, -0.1) is 0 Å². The van der Waals surface area contributed by atoms with Crippen LogP contribution in [0.5, 0.6) is 5.75 Å². The fourth-order valence-corrected chi connectivity index (χ4v) is 1.94. The van der Waals surface area contributed by atoms with Crippen LogP contribution in [-0.2, 0) is 4.79 Å². The molecular formula is C17H15N3O2. The molecule has 2 N–H and O–H groups in total. The number of carbonyl (C=O) groups excluding carboxylic acids is 1. The van der Waals surface area contributed by atoms with Crippen LogP contribution in [0.3, 0.4) is 0 Å². The average molecular weight is 293 g/mol. The Bertz CT molecular complexity index is 733. The van der Waals surface area contributed by atoms with E-state index in [2.05, 4.69) is 10.3 Å². The Morgan fingerprint density at radius 2 is 2.09 bits per heavy atom. The topological polar surface area (TPSA) is 86.0 Å². The highest BCUT2D eigenvalue weighted by Crippen LogP contribution is 2.15. The summed E-state index contributed by atoms with van der Waals surface area (Å²) in [5.74, 6) is -0.383. The number of nitrogens with zero attached hydrogens (tertiary/aromatic N) is 2. The molecule has 22 heavy (non-hydrogen) atoms. The number of rotatable bonds is 4. The number of nitrogens with one attached hydrogen (secondary N) is 1. The van der Waals surface area contributed by atoms with E-state index < -0.39 is 5.91 Å². The second-order valence-electron chi connectivity index (χ2n) is 4.74. The molecular weight excluding hydrogens is 278 g/mol. The molecule has 0 saturated heterocycles. The average Bonchev–Trinajstić information content (AvgIpc) is 2.53. The Labute approximate surface area is 128 Å². The first-order chi connectivity index (χ1) is 10.6. The van der Waals surface area contributed by atoms with E-state index in [4.69, 9.17) is 5.26 Å². The van der Waals surface area contributed by atoms with Gasteiger partial charge < -0.3 is 10.4 Å². The van der Waals surface area contributed by atoms with Crippen LogP contribution in [0.25, 0.3) is 6.08 Å². The number of hydrogen-bond acceptors (Lipinski definition) is 4. The van der Waals surface area contributed by atoms with Crippen LogP contribution in [0.2, 0.25) is 0 Å². The highest BCUT2D eigenvalue weighted by molar-refractivity contribution is 6.01. The quantitative estimate of drug-likeness (QED) is 0.670. The Morgan fingerprint density at radius 1 is 1.36 bits per heavy atom. The third-order valence-electron chi connectivity index (χ3n) is 3.10. The molecule has 1 aromatic carbocycles. The SMILES string of the molecule is CC(NC(=O)/C(C#N)=C/c1cccc(O)c1)c1ccncc1. The maximum Gasteiger partial charge on any atom is 0.262 e. The largest absolute Gasteiger partial charge is 0.508 e. The molecule has 2 aromatic rings. The van der Waals surface area contributed by atoms with E-state index >= 15 is 0 Å². The van der Waals surface area contributed by atoms with Gasteiger partial charge in [0.25, 0.3) is 5.91 Å². The van der Waals surface area contributed by atoms with Gasteiger partial charge in [0.05, 0.1) is 6.04 Å². The Morgan fingerprint density at radius 3 is 2.73 bits per heavy atom. The summed E-state index contributed by atoms with van der Waals surface area (Å²) in [6.45, 7) is 1.83. The number of nitriles is 1. The first-order valence-corrected chi connectivity index (χ1v) is 6.72. The van der Waals surface area contributed by atoms with Crippen molar-refractivity contribution in [3.05, 3.63) is 65.5 Å². The van der Waals surface area contributed by atoms with Gasteiger partial charge in [0, 0.05) is 12.4 Å². The molecule has 110 valence electrons. The fraction of sp³-hybridized carbons (Fsp3) is 0.118. The molecule has 0 radical (unpaired) electrons. The fourth-order valence-electron chi connectivity index (χ4n) is 1.94. The molecule has 1 aromatic heterocycles. The zero-order valence-corrected chi connectivity index (χ0v) is 12.0. The summed E-state index contributed by atoms with van der Waals surface area (Å²) < 4.78 is 0. The maximum atomic E-state index is 12.2. The summed E-state index contributed by atoms with van der Waals surface area (Å²) in [6.07, 6.45) is 4.73. The molecule has 1 amide bonds. The van der Waals surface area contributed by atoms with Gasteiger partial charge in [-0.2, -0.15) is 5.26 Å². The number of benzene rings is 1. The van der Waals surface area contributed by atoms with Gasteiger partial charge in [0.15, 0.2) is 0 Å². The van der Waals surface area contributed by atoms with E-state index in [9.17, 15) is 9.90 Å². The van der Waals surface area contributed by atoms with Gasteiger partial charge >= 0.3 is 0 Å². The van der Waals surface area contributed by atoms with Crippen LogP contribution in [0, 0.1) is 11.3 Å². The third-order valence-corrected chi connectivity index (χ3v) is 3.10. The smallest absolute Gasteiger partial charge is 0.262 e. The predicted octanol–water partition coefficient (Wildman–Crippen LogP) is 2.57. The number of carbonyl (C=O) groups is 1. The second kappa shape index (κ2) is 7.04. The summed E-state index contributed by atoms with van der Waals surface area (Å²) in [7, 11) is 0. The molecule has 2 rings (SSSR count). The van der Waals surface area contributed by atoms with Gasteiger partial charge in [-0.05, 0) is 48.4 Å². The monoisotopic (exact) mass is 293 g/mol. The molecule has 5 heteroatoms. The summed E-state index contributed by atoms with van der Waals surface area (Å²) in [5.41, 5.74) is 1.47. The van der Waals surface area contributed by atoms with Gasteiger partial charge in [-0.25, -0.2) is 0 Å². The number of phenolic OH excluding ortho intramolecular Hbond substituents is 1. The Kier molecular flexibility index (Phi) is 4.89. The lowest BCUT2D eigenvalue weighted by molar-refractivity contribution is -0.117. The lowest BCUT2D eigenvalue weighted by Gasteiger charge is -2.13. The number of phenols is 1. The van der Waals surface area contributed by atoms with Crippen molar-refractivity contribution in [3.8, 4) is 11.8 Å². The molecule has 0 bridgehead atoms. The molecule has 5 nitrogen and oxygen atoms in total. The summed E-state index contributed by atoms with van der Waals surface area (Å²) in [6, 6.07) is 11.6. The van der Waals surface area contributed by atoms with E-state index in [-0.39, 0.29) is 17.4 Å². The first-order valence-electron chi connectivity index (χ1n) is 6.72. The van der Waals surface area contributed by atoms with Crippen LogP contribution in [0.4, 0.5) is 0 Å². The predicted molar refractivity (Wildman–Crippen MR) is 82.5 cm³/mol. The third kappa shape index (κ3) is 3.93. The van der Waals surface area contributed by atoms with Crippen molar-refractivity contribution in [1.29, 1.82) is 5.26 Å². The molecule has 0 saturated carbocycles. The minimum atomic E-state index is -0.463. The second-order valence-corrected chi connectivity index (χ2v) is 4.74. The maximum absolute atomic E-state index is 12.2. The van der Waals surface area contributed by atoms with Crippen LogP contribution in [0.15, 0.2) is 54.4 Å². The van der Waals surface area contributed by atoms with E-state index in [1.165, 1.54) is 18.2 Å². The van der Waals surface area contributed by atoms with E-state index in [1.807, 2.05) is 13.0 Å². The lowest BCUT2D eigenvalue weighted by atomic mass is 10.1. The zero-order chi connectivity index (χ0) is 15.9. The first kappa shape index (κ1) is 15.3. The molecule has 1 heterocycles. The number of aromatic hydroxyl groups is 1. The van der Waals surface area contributed by atoms with Crippen molar-refractivity contribution in [2.24, 2.45) is 0 Å². The van der Waals surface area contributed by atoms with E-state index in [1.54, 1.807) is 36.7 Å². The van der Waals surface area contributed by atoms with Gasteiger partial charge in [-0.1, -0.05) is 12.1 Å². The minimum Gasteiger partial charge on any atom is -0.508 e. The van der Waals surface area contributed by atoms with E-state index in [0.717, 1.165) is 5.56 Å².